The molecule has 4 heterocycles. The summed E-state index contributed by atoms with van der Waals surface area (Å²) in [7, 11) is 0. The number of benzene rings is 4. The van der Waals surface area contributed by atoms with Crippen LogP contribution >= 0.6 is 0 Å². The van der Waals surface area contributed by atoms with Crippen molar-refractivity contribution >= 4 is 11.9 Å². The van der Waals surface area contributed by atoms with E-state index in [9.17, 15) is 9.59 Å². The monoisotopic (exact) mass is 878 g/mol. The van der Waals surface area contributed by atoms with Crippen LogP contribution in [0.5, 0.6) is 0 Å². The van der Waals surface area contributed by atoms with Crippen LogP contribution in [0.25, 0.3) is 0 Å². The highest BCUT2D eigenvalue weighted by Gasteiger charge is 2.54. The standard InChI is InChI=1S/C52H62O12/c1-31-32(2)44(41(58-36(31)6)28-55-27-37-19-11-7-12-20-37)64-52-47(61-49(54)39-23-15-9-16-24-39)35(5)46(42(60-52)29-56-48(53)38-21-13-8-14-22-38)62-50-34(4)33(3)45-43(59-50)30-57-51(63-45)40-25-17-10-18-26-40/h7-26,31-36,41-47,50-52H,27-30H2,1-6H3/t31?,32-,33?,34?,35?,36+,41?,42+,43+,44+,45+,46+,47?,50-,51?,52+/m1/s1. The average Bonchev–Trinajstić information content (AvgIpc) is 3.33. The quantitative estimate of drug-likeness (QED) is 0.113. The maximum absolute atomic E-state index is 14.0. The third-order valence-electron chi connectivity index (χ3n) is 13.7. The fraction of sp³-hybridized carbons (Fsp3) is 0.500. The summed E-state index contributed by atoms with van der Waals surface area (Å²) in [6.45, 7) is 13.3. The highest BCUT2D eigenvalue weighted by atomic mass is 16.8. The van der Waals surface area contributed by atoms with E-state index in [0.717, 1.165) is 11.1 Å². The zero-order valence-electron chi connectivity index (χ0n) is 37.5. The number of ether oxygens (including phenoxy) is 10. The van der Waals surface area contributed by atoms with Gasteiger partial charge in [-0.3, -0.25) is 0 Å². The first-order valence-corrected chi connectivity index (χ1v) is 22.7. The number of rotatable bonds is 14. The zero-order valence-corrected chi connectivity index (χ0v) is 37.5. The Hall–Kier alpha value is -4.50. The van der Waals surface area contributed by atoms with Crippen molar-refractivity contribution in [3.05, 3.63) is 144 Å². The smallest absolute Gasteiger partial charge is 0.338 e. The number of carbonyl (C=O) groups is 2. The summed E-state index contributed by atoms with van der Waals surface area (Å²) in [5, 5.41) is 0. The van der Waals surface area contributed by atoms with Gasteiger partial charge in [0.2, 0.25) is 0 Å². The molecule has 4 fully saturated rings. The Morgan fingerprint density at radius 1 is 0.547 bits per heavy atom. The lowest BCUT2D eigenvalue weighted by molar-refractivity contribution is -0.373. The van der Waals surface area contributed by atoms with E-state index in [0.29, 0.717) is 24.3 Å². The van der Waals surface area contributed by atoms with E-state index in [1.807, 2.05) is 79.7 Å². The molecule has 0 saturated carbocycles. The van der Waals surface area contributed by atoms with Gasteiger partial charge in [-0.2, -0.15) is 0 Å². The molecule has 4 aromatic rings. The second-order valence-corrected chi connectivity index (χ2v) is 17.8. The molecular formula is C52H62O12. The van der Waals surface area contributed by atoms with Gasteiger partial charge in [-0.1, -0.05) is 132 Å². The molecule has 4 aromatic carbocycles. The molecule has 0 spiro atoms. The van der Waals surface area contributed by atoms with E-state index in [4.69, 9.17) is 47.4 Å². The van der Waals surface area contributed by atoms with Crippen LogP contribution < -0.4 is 0 Å². The van der Waals surface area contributed by atoms with Crippen LogP contribution in [0.3, 0.4) is 0 Å². The van der Waals surface area contributed by atoms with Crippen LogP contribution in [-0.4, -0.2) is 93.2 Å². The fourth-order valence-corrected chi connectivity index (χ4v) is 9.27. The van der Waals surface area contributed by atoms with E-state index in [-0.39, 0.29) is 49.1 Å². The molecule has 4 aliphatic rings. The van der Waals surface area contributed by atoms with E-state index >= 15 is 0 Å². The lowest BCUT2D eigenvalue weighted by Gasteiger charge is -2.51. The third kappa shape index (κ3) is 10.6. The summed E-state index contributed by atoms with van der Waals surface area (Å²) in [4.78, 5) is 27.5. The Labute approximate surface area is 376 Å². The molecule has 64 heavy (non-hydrogen) atoms. The SMILES string of the molecule is CC1C(C)[C@@H]2OC(c3ccccc3)OC[C@@H]2O[C@@H]1O[C@H]1C(C)C(OC(=O)c2ccccc2)[C@H](O[C@@H]2C(COCc3ccccc3)O[C@@H](C)C(C)[C@H]2C)O[C@H]1COC(=O)c1ccccc1. The molecular weight excluding hydrogens is 817 g/mol. The first kappa shape index (κ1) is 46.0. The second-order valence-electron chi connectivity index (χ2n) is 17.8. The molecule has 12 heteroatoms. The number of carbonyl (C=O) groups excluding carboxylic acids is 2. The molecule has 8 rings (SSSR count). The molecule has 0 amide bonds. The third-order valence-corrected chi connectivity index (χ3v) is 13.7. The average molecular weight is 879 g/mol. The molecule has 0 N–H and O–H groups in total. The van der Waals surface area contributed by atoms with Gasteiger partial charge in [0.15, 0.2) is 25.0 Å². The number of fused-ring (bicyclic) bond motifs is 1. The first-order valence-electron chi connectivity index (χ1n) is 22.7. The van der Waals surface area contributed by atoms with Crippen LogP contribution in [0.1, 0.15) is 79.7 Å². The molecule has 4 saturated heterocycles. The highest BCUT2D eigenvalue weighted by Crippen LogP contribution is 2.43. The molecule has 0 bridgehead atoms. The molecule has 0 aromatic heterocycles. The number of hydrogen-bond donors (Lipinski definition) is 0. The predicted molar refractivity (Wildman–Crippen MR) is 236 cm³/mol. The van der Waals surface area contributed by atoms with Crippen molar-refractivity contribution in [2.45, 2.75) is 116 Å². The molecule has 4 aliphatic heterocycles. The van der Waals surface area contributed by atoms with Crippen LogP contribution in [0.2, 0.25) is 0 Å². The van der Waals surface area contributed by atoms with Crippen LogP contribution in [0.15, 0.2) is 121 Å². The second kappa shape index (κ2) is 21.2. The van der Waals surface area contributed by atoms with E-state index in [1.165, 1.54) is 0 Å². The van der Waals surface area contributed by atoms with Gasteiger partial charge in [0.05, 0.1) is 55.4 Å². The Kier molecular flexibility index (Phi) is 15.3. The van der Waals surface area contributed by atoms with Crippen molar-refractivity contribution in [2.24, 2.45) is 29.6 Å². The Morgan fingerprint density at radius 3 is 1.80 bits per heavy atom. The fourth-order valence-electron chi connectivity index (χ4n) is 9.27. The molecule has 0 aliphatic carbocycles. The Balaban J connectivity index is 1.07. The summed E-state index contributed by atoms with van der Waals surface area (Å²) in [5.41, 5.74) is 2.76. The molecule has 16 atom stereocenters. The minimum absolute atomic E-state index is 0.00544. The van der Waals surface area contributed by atoms with Gasteiger partial charge in [-0.25, -0.2) is 9.59 Å². The summed E-state index contributed by atoms with van der Waals surface area (Å²) in [6, 6.07) is 37.5. The van der Waals surface area contributed by atoms with E-state index < -0.39 is 73.4 Å². The largest absolute Gasteiger partial charge is 0.459 e. The molecule has 342 valence electrons. The van der Waals surface area contributed by atoms with Gasteiger partial charge in [-0.15, -0.1) is 0 Å². The van der Waals surface area contributed by atoms with Crippen molar-refractivity contribution in [3.8, 4) is 0 Å². The molecule has 12 nitrogen and oxygen atoms in total. The predicted octanol–water partition coefficient (Wildman–Crippen LogP) is 8.59. The zero-order chi connectivity index (χ0) is 44.7. The van der Waals surface area contributed by atoms with Gasteiger partial charge < -0.3 is 47.4 Å². The first-order chi connectivity index (χ1) is 31.0. The van der Waals surface area contributed by atoms with Crippen LogP contribution in [0, 0.1) is 29.6 Å². The highest BCUT2D eigenvalue weighted by molar-refractivity contribution is 5.89. The summed E-state index contributed by atoms with van der Waals surface area (Å²) >= 11 is 0. The van der Waals surface area contributed by atoms with Crippen LogP contribution in [0.4, 0.5) is 0 Å². The number of hydrogen-bond acceptors (Lipinski definition) is 12. The maximum atomic E-state index is 14.0. The van der Waals surface area contributed by atoms with Gasteiger partial charge in [0.1, 0.15) is 24.9 Å². The van der Waals surface area contributed by atoms with E-state index in [2.05, 4.69) is 34.6 Å². The van der Waals surface area contributed by atoms with Gasteiger partial charge in [-0.05, 0) is 54.5 Å². The lowest BCUT2D eigenvalue weighted by Crippen LogP contribution is -2.62. The van der Waals surface area contributed by atoms with Crippen molar-refractivity contribution in [1.82, 2.24) is 0 Å². The van der Waals surface area contributed by atoms with Crippen molar-refractivity contribution in [1.29, 1.82) is 0 Å². The van der Waals surface area contributed by atoms with Crippen molar-refractivity contribution in [2.75, 3.05) is 19.8 Å². The van der Waals surface area contributed by atoms with Gasteiger partial charge >= 0.3 is 11.9 Å². The minimum atomic E-state index is -1.11. The normalized spacial score (nSPS) is 35.2. The topological polar surface area (TPSA) is 126 Å². The summed E-state index contributed by atoms with van der Waals surface area (Å²) in [5.74, 6) is -1.63. The minimum Gasteiger partial charge on any atom is -0.459 e. The Bertz CT molecular complexity index is 2070. The van der Waals surface area contributed by atoms with Gasteiger partial charge in [0, 0.05) is 17.4 Å². The van der Waals surface area contributed by atoms with Gasteiger partial charge in [0.25, 0.3) is 0 Å². The summed E-state index contributed by atoms with van der Waals surface area (Å²) < 4.78 is 65.7. The Morgan fingerprint density at radius 2 is 1.12 bits per heavy atom. The lowest BCUT2D eigenvalue weighted by atomic mass is 9.81. The maximum Gasteiger partial charge on any atom is 0.338 e. The van der Waals surface area contributed by atoms with Crippen molar-refractivity contribution in [3.63, 3.8) is 0 Å². The molecule has 7 unspecified atom stereocenters. The molecule has 0 radical (unpaired) electrons. The summed E-state index contributed by atoms with van der Waals surface area (Å²) in [6.07, 6.45) is -6.69. The number of esters is 2. The van der Waals surface area contributed by atoms with E-state index in [1.54, 1.807) is 48.5 Å². The van der Waals surface area contributed by atoms with Crippen molar-refractivity contribution < 1.29 is 57.0 Å². The van der Waals surface area contributed by atoms with Crippen LogP contribution in [-0.2, 0) is 54.0 Å².